The van der Waals surface area contributed by atoms with E-state index in [1.165, 1.54) is 16.9 Å². The molecule has 3 aromatic heterocycles. The number of hydrogen-bond acceptors (Lipinski definition) is 6. The largest absolute Gasteiger partial charge is 0.348 e. The van der Waals surface area contributed by atoms with E-state index in [1.54, 1.807) is 23.9 Å². The Morgan fingerprint density at radius 3 is 2.88 bits per heavy atom. The average Bonchev–Trinajstić information content (AvgIpc) is 3.56. The Morgan fingerprint density at radius 2 is 2.06 bits per heavy atom. The number of carbonyl (C=O) groups is 1. The lowest BCUT2D eigenvalue weighted by molar-refractivity contribution is 0.0695. The molecule has 1 amide bonds. The number of aromatic nitrogens is 4. The number of rotatable bonds is 3. The molecular formula is C25H25N5OS2. The van der Waals surface area contributed by atoms with Crippen LogP contribution in [0.15, 0.2) is 42.9 Å². The molecule has 0 unspecified atom stereocenters. The van der Waals surface area contributed by atoms with E-state index >= 15 is 0 Å². The molecule has 0 fully saturated rings. The van der Waals surface area contributed by atoms with Crippen molar-refractivity contribution in [1.29, 1.82) is 0 Å². The SMILES string of the molecule is CC1(C)CC=C(c2ncc(C(=O)N3CCc4[nH]cnc4[C@H]3c3nc4ccccc4s3)s2)CC1. The van der Waals surface area contributed by atoms with E-state index in [4.69, 9.17) is 4.98 Å². The van der Waals surface area contributed by atoms with Gasteiger partial charge in [-0.25, -0.2) is 15.0 Å². The Kier molecular flexibility index (Phi) is 4.96. The van der Waals surface area contributed by atoms with E-state index < -0.39 is 0 Å². The molecule has 168 valence electrons. The molecule has 0 spiro atoms. The Hall–Kier alpha value is -2.84. The van der Waals surface area contributed by atoms with Crippen LogP contribution in [0.2, 0.25) is 0 Å². The zero-order valence-corrected chi connectivity index (χ0v) is 20.3. The van der Waals surface area contributed by atoms with Gasteiger partial charge in [0.25, 0.3) is 5.91 Å². The topological polar surface area (TPSA) is 74.8 Å². The van der Waals surface area contributed by atoms with Gasteiger partial charge in [0, 0.05) is 18.7 Å². The lowest BCUT2D eigenvalue weighted by Gasteiger charge is -2.33. The van der Waals surface area contributed by atoms with Gasteiger partial charge in [0.15, 0.2) is 0 Å². The number of nitrogens with zero attached hydrogens (tertiary/aromatic N) is 4. The summed E-state index contributed by atoms with van der Waals surface area (Å²) in [6.07, 6.45) is 9.75. The van der Waals surface area contributed by atoms with Crippen LogP contribution in [-0.2, 0) is 6.42 Å². The quantitative estimate of drug-likeness (QED) is 0.403. The molecule has 33 heavy (non-hydrogen) atoms. The summed E-state index contributed by atoms with van der Waals surface area (Å²) < 4.78 is 1.12. The zero-order valence-electron chi connectivity index (χ0n) is 18.7. The minimum atomic E-state index is -0.287. The van der Waals surface area contributed by atoms with E-state index in [2.05, 4.69) is 40.9 Å². The van der Waals surface area contributed by atoms with E-state index in [-0.39, 0.29) is 11.9 Å². The summed E-state index contributed by atoms with van der Waals surface area (Å²) in [5, 5.41) is 1.88. The highest BCUT2D eigenvalue weighted by Crippen LogP contribution is 2.41. The third kappa shape index (κ3) is 3.71. The van der Waals surface area contributed by atoms with Gasteiger partial charge in [0.05, 0.1) is 28.4 Å². The number of allylic oxidation sites excluding steroid dienone is 2. The van der Waals surface area contributed by atoms with Gasteiger partial charge in [0.1, 0.15) is 20.9 Å². The van der Waals surface area contributed by atoms with Gasteiger partial charge < -0.3 is 9.88 Å². The maximum absolute atomic E-state index is 13.7. The Bertz CT molecular complexity index is 1350. The maximum atomic E-state index is 13.7. The zero-order chi connectivity index (χ0) is 22.6. The van der Waals surface area contributed by atoms with Crippen LogP contribution >= 0.6 is 22.7 Å². The van der Waals surface area contributed by atoms with E-state index in [1.807, 2.05) is 23.1 Å². The molecule has 0 bridgehead atoms. The number of nitrogens with one attached hydrogen (secondary N) is 1. The smallest absolute Gasteiger partial charge is 0.266 e. The minimum absolute atomic E-state index is 0.00777. The van der Waals surface area contributed by atoms with Crippen LogP contribution in [0.1, 0.15) is 70.2 Å². The van der Waals surface area contributed by atoms with E-state index in [0.29, 0.717) is 16.8 Å². The van der Waals surface area contributed by atoms with Crippen molar-refractivity contribution in [3.05, 3.63) is 69.1 Å². The van der Waals surface area contributed by atoms with Crippen molar-refractivity contribution in [2.75, 3.05) is 6.54 Å². The number of hydrogen-bond donors (Lipinski definition) is 1. The van der Waals surface area contributed by atoms with Crippen LogP contribution in [0.4, 0.5) is 0 Å². The molecule has 1 N–H and O–H groups in total. The van der Waals surface area contributed by atoms with Gasteiger partial charge in [-0.15, -0.1) is 22.7 Å². The van der Waals surface area contributed by atoms with Crippen molar-refractivity contribution < 1.29 is 4.79 Å². The number of thiazole rings is 2. The summed E-state index contributed by atoms with van der Waals surface area (Å²) in [7, 11) is 0. The highest BCUT2D eigenvalue weighted by atomic mass is 32.1. The lowest BCUT2D eigenvalue weighted by atomic mass is 9.78. The van der Waals surface area contributed by atoms with Crippen LogP contribution in [0.25, 0.3) is 15.8 Å². The highest BCUT2D eigenvalue weighted by Gasteiger charge is 2.37. The predicted octanol–water partition coefficient (Wildman–Crippen LogP) is 5.86. The predicted molar refractivity (Wildman–Crippen MR) is 133 cm³/mol. The summed E-state index contributed by atoms with van der Waals surface area (Å²) in [6.45, 7) is 5.23. The highest BCUT2D eigenvalue weighted by molar-refractivity contribution is 7.18. The second-order valence-corrected chi connectivity index (χ2v) is 11.7. The summed E-state index contributed by atoms with van der Waals surface area (Å²) in [5.41, 5.74) is 4.56. The molecule has 1 aliphatic heterocycles. The number of amides is 1. The molecule has 1 aromatic carbocycles. The van der Waals surface area contributed by atoms with Crippen molar-refractivity contribution in [1.82, 2.24) is 24.8 Å². The molecule has 1 aliphatic carbocycles. The molecule has 4 aromatic rings. The summed E-state index contributed by atoms with van der Waals surface area (Å²) in [4.78, 5) is 33.7. The number of H-pyrrole nitrogens is 1. The van der Waals surface area contributed by atoms with E-state index in [0.717, 1.165) is 57.3 Å². The molecule has 2 aliphatic rings. The molecule has 1 atom stereocenters. The third-order valence-corrected chi connectivity index (χ3v) is 8.84. The average molecular weight is 476 g/mol. The molecule has 8 heteroatoms. The fraction of sp³-hybridized carbons (Fsp3) is 0.360. The van der Waals surface area contributed by atoms with Crippen molar-refractivity contribution >= 4 is 44.4 Å². The second-order valence-electron chi connectivity index (χ2n) is 9.56. The normalized spacial score (nSPS) is 20.0. The molecule has 0 saturated carbocycles. The molecule has 0 saturated heterocycles. The number of imidazole rings is 1. The van der Waals surface area contributed by atoms with Gasteiger partial charge in [-0.1, -0.05) is 32.1 Å². The number of fused-ring (bicyclic) bond motifs is 2. The van der Waals surface area contributed by atoms with E-state index in [9.17, 15) is 4.79 Å². The second kappa shape index (κ2) is 7.88. The first kappa shape index (κ1) is 20.7. The first-order chi connectivity index (χ1) is 16.0. The Morgan fingerprint density at radius 1 is 1.18 bits per heavy atom. The third-order valence-electron chi connectivity index (χ3n) is 6.69. The molecule has 4 heterocycles. The summed E-state index contributed by atoms with van der Waals surface area (Å²) in [6, 6.07) is 7.82. The molecule has 0 radical (unpaired) electrons. The van der Waals surface area contributed by atoms with Gasteiger partial charge in [-0.3, -0.25) is 4.79 Å². The Balaban J connectivity index is 1.34. The van der Waals surface area contributed by atoms with Crippen molar-refractivity contribution in [3.8, 4) is 0 Å². The molecule has 6 nitrogen and oxygen atoms in total. The van der Waals surface area contributed by atoms with Crippen molar-refractivity contribution in [2.45, 2.75) is 45.6 Å². The van der Waals surface area contributed by atoms with Gasteiger partial charge in [-0.05, 0) is 42.4 Å². The van der Waals surface area contributed by atoms with Gasteiger partial charge >= 0.3 is 0 Å². The van der Waals surface area contributed by atoms with Crippen molar-refractivity contribution in [2.24, 2.45) is 5.41 Å². The monoisotopic (exact) mass is 475 g/mol. The van der Waals surface area contributed by atoms with Gasteiger partial charge in [0.2, 0.25) is 0 Å². The van der Waals surface area contributed by atoms with Crippen LogP contribution < -0.4 is 0 Å². The maximum Gasteiger partial charge on any atom is 0.266 e. The fourth-order valence-electron chi connectivity index (χ4n) is 4.69. The number of carbonyl (C=O) groups excluding carboxylic acids is 1. The summed E-state index contributed by atoms with van der Waals surface area (Å²) >= 11 is 3.15. The summed E-state index contributed by atoms with van der Waals surface area (Å²) in [5.74, 6) is 0.00777. The number of aromatic amines is 1. The first-order valence-electron chi connectivity index (χ1n) is 11.3. The van der Waals surface area contributed by atoms with Crippen molar-refractivity contribution in [3.63, 3.8) is 0 Å². The minimum Gasteiger partial charge on any atom is -0.348 e. The van der Waals surface area contributed by atoms with Crippen LogP contribution in [-0.4, -0.2) is 37.3 Å². The van der Waals surface area contributed by atoms with Crippen LogP contribution in [0.5, 0.6) is 0 Å². The number of benzene rings is 1. The Labute approximate surface area is 200 Å². The van der Waals surface area contributed by atoms with Crippen LogP contribution in [0, 0.1) is 5.41 Å². The lowest BCUT2D eigenvalue weighted by Crippen LogP contribution is -2.40. The first-order valence-corrected chi connectivity index (χ1v) is 13.0. The fourth-order valence-corrected chi connectivity index (χ4v) is 6.71. The number of para-hydroxylation sites is 1. The van der Waals surface area contributed by atoms with Gasteiger partial charge in [-0.2, -0.15) is 0 Å². The standard InChI is InChI=1S/C25H25N5OS2/c1-25(2)10-7-15(8-11-25)22-26-13-19(33-22)24(31)30-12-9-17-20(28-14-27-17)21(30)23-29-16-5-3-4-6-18(16)32-23/h3-7,13-14,21H,8-12H2,1-2H3,(H,27,28)/t21-/m0/s1. The van der Waals surface area contributed by atoms with Crippen LogP contribution in [0.3, 0.4) is 0 Å². The molecular weight excluding hydrogens is 450 g/mol. The molecule has 6 rings (SSSR count).